The largest absolute Gasteiger partial charge is 0.486 e. The maximum Gasteiger partial charge on any atom is 0.303 e. The summed E-state index contributed by atoms with van der Waals surface area (Å²) in [5.41, 5.74) is 6.39. The first-order valence-corrected chi connectivity index (χ1v) is 6.13. The Morgan fingerprint density at radius 3 is 2.68 bits per heavy atom. The number of aliphatic hydroxyl groups is 1. The molecule has 2 atom stereocenters. The average molecular weight is 267 g/mol. The first-order valence-electron chi connectivity index (χ1n) is 6.13. The smallest absolute Gasteiger partial charge is 0.303 e. The molecule has 2 unspecified atom stereocenters. The molecule has 2 rings (SSSR count). The van der Waals surface area contributed by atoms with Gasteiger partial charge in [0.1, 0.15) is 13.2 Å². The molecule has 1 heterocycles. The highest BCUT2D eigenvalue weighted by Crippen LogP contribution is 2.33. The Hall–Kier alpha value is -1.79. The van der Waals surface area contributed by atoms with Crippen molar-refractivity contribution in [3.8, 4) is 11.5 Å². The van der Waals surface area contributed by atoms with Gasteiger partial charge in [0.15, 0.2) is 11.5 Å². The van der Waals surface area contributed by atoms with Crippen molar-refractivity contribution in [1.82, 2.24) is 0 Å². The molecule has 0 radical (unpaired) electrons. The van der Waals surface area contributed by atoms with E-state index in [0.29, 0.717) is 30.3 Å². The quantitative estimate of drug-likeness (QED) is 0.725. The summed E-state index contributed by atoms with van der Waals surface area (Å²) in [6, 6.07) is 4.48. The zero-order valence-corrected chi connectivity index (χ0v) is 10.4. The van der Waals surface area contributed by atoms with E-state index >= 15 is 0 Å². The second-order valence-corrected chi connectivity index (χ2v) is 4.44. The van der Waals surface area contributed by atoms with Crippen molar-refractivity contribution in [1.29, 1.82) is 0 Å². The molecular formula is C13H17NO5. The van der Waals surface area contributed by atoms with Crippen LogP contribution in [0.3, 0.4) is 0 Å². The third kappa shape index (κ3) is 3.36. The summed E-state index contributed by atoms with van der Waals surface area (Å²) in [5.74, 6) is 0.291. The van der Waals surface area contributed by atoms with E-state index in [4.69, 9.17) is 20.3 Å². The number of hydrogen-bond acceptors (Lipinski definition) is 5. The molecular weight excluding hydrogens is 250 g/mol. The van der Waals surface area contributed by atoms with E-state index in [0.717, 1.165) is 0 Å². The molecule has 0 amide bonds. The van der Waals surface area contributed by atoms with Crippen LogP contribution in [0.5, 0.6) is 11.5 Å². The minimum atomic E-state index is -0.926. The van der Waals surface area contributed by atoms with Crippen LogP contribution in [0.25, 0.3) is 0 Å². The van der Waals surface area contributed by atoms with Crippen molar-refractivity contribution in [2.75, 3.05) is 13.2 Å². The zero-order valence-electron chi connectivity index (χ0n) is 10.4. The van der Waals surface area contributed by atoms with Crippen LogP contribution in [0.4, 0.5) is 0 Å². The zero-order chi connectivity index (χ0) is 13.8. The molecule has 0 aromatic heterocycles. The van der Waals surface area contributed by atoms with E-state index in [2.05, 4.69) is 0 Å². The van der Waals surface area contributed by atoms with Crippen molar-refractivity contribution in [3.63, 3.8) is 0 Å². The molecule has 0 saturated heterocycles. The van der Waals surface area contributed by atoms with Crippen LogP contribution < -0.4 is 15.2 Å². The lowest BCUT2D eigenvalue weighted by molar-refractivity contribution is -0.137. The lowest BCUT2D eigenvalue weighted by atomic mass is 9.99. The molecule has 1 aliphatic rings. The second kappa shape index (κ2) is 5.90. The van der Waals surface area contributed by atoms with Crippen LogP contribution in [0.15, 0.2) is 18.2 Å². The van der Waals surface area contributed by atoms with Crippen LogP contribution in [-0.4, -0.2) is 35.4 Å². The molecule has 4 N–H and O–H groups in total. The number of carboxylic acid groups (broad SMARTS) is 1. The van der Waals surface area contributed by atoms with Crippen molar-refractivity contribution < 1.29 is 24.5 Å². The summed E-state index contributed by atoms with van der Waals surface area (Å²) in [6.07, 6.45) is -0.775. The molecule has 0 fully saturated rings. The number of benzene rings is 1. The van der Waals surface area contributed by atoms with Crippen LogP contribution >= 0.6 is 0 Å². The average Bonchev–Trinajstić information content (AvgIpc) is 2.43. The fourth-order valence-corrected chi connectivity index (χ4v) is 1.94. The van der Waals surface area contributed by atoms with Gasteiger partial charge in [0, 0.05) is 12.5 Å². The van der Waals surface area contributed by atoms with E-state index < -0.39 is 18.1 Å². The van der Waals surface area contributed by atoms with E-state index in [1.165, 1.54) is 0 Å². The highest BCUT2D eigenvalue weighted by molar-refractivity contribution is 5.66. The summed E-state index contributed by atoms with van der Waals surface area (Å²) in [5, 5.41) is 18.7. The lowest BCUT2D eigenvalue weighted by Crippen LogP contribution is -2.29. The number of rotatable bonds is 5. The molecule has 6 nitrogen and oxygen atoms in total. The number of nitrogens with two attached hydrogens (primary N) is 1. The number of hydrogen-bond donors (Lipinski definition) is 3. The van der Waals surface area contributed by atoms with Gasteiger partial charge < -0.3 is 25.4 Å². The van der Waals surface area contributed by atoms with Gasteiger partial charge in [-0.2, -0.15) is 0 Å². The molecule has 0 spiro atoms. The van der Waals surface area contributed by atoms with Crippen molar-refractivity contribution >= 4 is 5.97 Å². The Balaban J connectivity index is 2.06. The molecule has 1 aliphatic heterocycles. The SMILES string of the molecule is NC(CCC(=O)O)C(O)c1ccc2c(c1)OCCO2. The lowest BCUT2D eigenvalue weighted by Gasteiger charge is -2.22. The van der Waals surface area contributed by atoms with Crippen LogP contribution in [0.1, 0.15) is 24.5 Å². The fraction of sp³-hybridized carbons (Fsp3) is 0.462. The molecule has 1 aromatic rings. The summed E-state index contributed by atoms with van der Waals surface area (Å²) in [6.45, 7) is 0.977. The first-order chi connectivity index (χ1) is 9.08. The van der Waals surface area contributed by atoms with E-state index in [1.807, 2.05) is 0 Å². The third-order valence-corrected chi connectivity index (χ3v) is 3.00. The molecule has 19 heavy (non-hydrogen) atoms. The van der Waals surface area contributed by atoms with E-state index in [1.54, 1.807) is 18.2 Å². The Bertz CT molecular complexity index is 462. The predicted molar refractivity (Wildman–Crippen MR) is 67.2 cm³/mol. The number of ether oxygens (including phenoxy) is 2. The second-order valence-electron chi connectivity index (χ2n) is 4.44. The molecule has 0 saturated carbocycles. The first kappa shape index (κ1) is 13.6. The third-order valence-electron chi connectivity index (χ3n) is 3.00. The Labute approximate surface area is 110 Å². The Morgan fingerprint density at radius 1 is 1.32 bits per heavy atom. The number of carboxylic acids is 1. The Morgan fingerprint density at radius 2 is 2.00 bits per heavy atom. The fourth-order valence-electron chi connectivity index (χ4n) is 1.94. The van der Waals surface area contributed by atoms with Crippen molar-refractivity contribution in [2.24, 2.45) is 5.73 Å². The van der Waals surface area contributed by atoms with Gasteiger partial charge in [0.2, 0.25) is 0 Å². The molecule has 104 valence electrons. The molecule has 1 aromatic carbocycles. The van der Waals surface area contributed by atoms with Gasteiger partial charge in [-0.15, -0.1) is 0 Å². The monoisotopic (exact) mass is 267 g/mol. The summed E-state index contributed by atoms with van der Waals surface area (Å²) >= 11 is 0. The van der Waals surface area contributed by atoms with Crippen molar-refractivity contribution in [2.45, 2.75) is 25.0 Å². The van der Waals surface area contributed by atoms with E-state index in [9.17, 15) is 9.90 Å². The Kier molecular flexibility index (Phi) is 4.24. The van der Waals surface area contributed by atoms with Crippen LogP contribution in [0, 0.1) is 0 Å². The highest BCUT2D eigenvalue weighted by Gasteiger charge is 2.20. The highest BCUT2D eigenvalue weighted by atomic mass is 16.6. The van der Waals surface area contributed by atoms with Crippen molar-refractivity contribution in [3.05, 3.63) is 23.8 Å². The van der Waals surface area contributed by atoms with Gasteiger partial charge in [0.25, 0.3) is 0 Å². The maximum atomic E-state index is 10.5. The minimum Gasteiger partial charge on any atom is -0.486 e. The molecule has 0 aliphatic carbocycles. The predicted octanol–water partition coefficient (Wildman–Crippen LogP) is 0.683. The van der Waals surface area contributed by atoms with E-state index in [-0.39, 0.29) is 12.8 Å². The number of fused-ring (bicyclic) bond motifs is 1. The van der Waals surface area contributed by atoms with Gasteiger partial charge in [0.05, 0.1) is 6.10 Å². The topological polar surface area (TPSA) is 102 Å². The minimum absolute atomic E-state index is 0.0667. The summed E-state index contributed by atoms with van der Waals surface area (Å²) in [7, 11) is 0. The van der Waals surface area contributed by atoms with Gasteiger partial charge >= 0.3 is 5.97 Å². The maximum absolute atomic E-state index is 10.5. The summed E-state index contributed by atoms with van der Waals surface area (Å²) < 4.78 is 10.8. The normalized spacial score (nSPS) is 16.7. The standard InChI is InChI=1S/C13H17NO5/c14-9(2-4-12(15)16)13(17)8-1-3-10-11(7-8)19-6-5-18-10/h1,3,7,9,13,17H,2,4-6,14H2,(H,15,16). The molecule has 6 heteroatoms. The summed E-state index contributed by atoms with van der Waals surface area (Å²) in [4.78, 5) is 10.5. The number of carbonyl (C=O) groups is 1. The number of aliphatic hydroxyl groups excluding tert-OH is 1. The number of aliphatic carboxylic acids is 1. The van der Waals surface area contributed by atoms with Gasteiger partial charge in [-0.05, 0) is 24.1 Å². The van der Waals surface area contributed by atoms with Gasteiger partial charge in [-0.3, -0.25) is 4.79 Å². The van der Waals surface area contributed by atoms with Gasteiger partial charge in [-0.25, -0.2) is 0 Å². The van der Waals surface area contributed by atoms with Gasteiger partial charge in [-0.1, -0.05) is 6.07 Å². The molecule has 0 bridgehead atoms. The van der Waals surface area contributed by atoms with Crippen LogP contribution in [-0.2, 0) is 4.79 Å². The van der Waals surface area contributed by atoms with Crippen LogP contribution in [0.2, 0.25) is 0 Å².